The zero-order valence-corrected chi connectivity index (χ0v) is 24.7. The van der Waals surface area contributed by atoms with Crippen molar-refractivity contribution < 1.29 is 29.7 Å². The Kier molecular flexibility index (Phi) is 6.20. The molecule has 5 heterocycles. The maximum absolute atomic E-state index is 11.7. The van der Waals surface area contributed by atoms with E-state index in [1.54, 1.807) is 12.1 Å². The first-order valence-electron chi connectivity index (χ1n) is 13.7. The molecule has 9 rings (SSSR count). The van der Waals surface area contributed by atoms with E-state index >= 15 is 0 Å². The van der Waals surface area contributed by atoms with E-state index in [1.165, 1.54) is 0 Å². The van der Waals surface area contributed by atoms with Crippen LogP contribution in [-0.2, 0) is 28.1 Å². The number of nitrogens with one attached hydrogen (secondary N) is 2. The largest absolute Gasteiger partial charge is 0.383 e. The Hall–Kier alpha value is -5.49. The van der Waals surface area contributed by atoms with E-state index in [2.05, 4.69) is 9.97 Å². The summed E-state index contributed by atoms with van der Waals surface area (Å²) in [5.41, 5.74) is 5.20. The van der Waals surface area contributed by atoms with Crippen molar-refractivity contribution in [2.45, 2.75) is 0 Å². The van der Waals surface area contributed by atoms with Crippen LogP contribution in [0.25, 0.3) is 89.7 Å². The molecule has 2 aliphatic heterocycles. The fraction of sp³-hybridized carbons (Fsp3) is 0. The first kappa shape index (κ1) is 27.1. The maximum Gasteiger partial charge on any atom is 0.299 e. The summed E-state index contributed by atoms with van der Waals surface area (Å²) in [7, 11) is -3.18. The van der Waals surface area contributed by atoms with Gasteiger partial charge in [0.2, 0.25) is 0 Å². The first-order chi connectivity index (χ1) is 21.6. The minimum Gasteiger partial charge on any atom is -0.383 e. The molecule has 7 aromatic rings. The minimum atomic E-state index is -3.18. The van der Waals surface area contributed by atoms with Gasteiger partial charge in [-0.3, -0.25) is 0 Å². The minimum absolute atomic E-state index is 0. The number of aromatic amines is 2. The van der Waals surface area contributed by atoms with Crippen molar-refractivity contribution in [3.63, 3.8) is 0 Å². The second-order valence-corrected chi connectivity index (χ2v) is 10.9. The fourth-order valence-electron chi connectivity index (χ4n) is 5.81. The Morgan fingerprint density at radius 2 is 0.867 bits per heavy atom. The number of hydrogen-bond acceptors (Lipinski definition) is 9. The molecule has 0 spiro atoms. The molecular formula is C32H18CuN8O3S. The molecular weight excluding hydrogens is 640 g/mol. The average Bonchev–Trinajstić information content (AvgIpc) is 3.77. The first-order valence-corrected chi connectivity index (χ1v) is 14.8. The zero-order valence-electron chi connectivity index (χ0n) is 22.8. The van der Waals surface area contributed by atoms with Gasteiger partial charge < -0.3 is 14.2 Å². The monoisotopic (exact) mass is 657 g/mol. The average molecular weight is 658 g/mol. The SMILES string of the molecule is O=[SH](=O)Oc1cccc2c3nc4nc(nc5[nH]c(nc6nc(nc([nH]3)c12)-c1ccccc1-6)c1ccccc51)-c1ccccc1-4.[Cu]. The van der Waals surface area contributed by atoms with Crippen LogP contribution in [0, 0.1) is 0 Å². The molecule has 0 amide bonds. The summed E-state index contributed by atoms with van der Waals surface area (Å²) < 4.78 is 28.5. The number of H-pyrrole nitrogens is 2. The molecule has 0 aliphatic carbocycles. The third kappa shape index (κ3) is 4.28. The van der Waals surface area contributed by atoms with Crippen molar-refractivity contribution in [3.05, 3.63) is 91.0 Å². The number of thiol groups is 1. The van der Waals surface area contributed by atoms with Gasteiger partial charge in [-0.15, -0.1) is 0 Å². The van der Waals surface area contributed by atoms with E-state index in [1.807, 2.05) is 78.9 Å². The fourth-order valence-corrected chi connectivity index (χ4v) is 6.13. The van der Waals surface area contributed by atoms with Gasteiger partial charge in [0.15, 0.2) is 29.0 Å². The van der Waals surface area contributed by atoms with E-state index in [4.69, 9.17) is 34.1 Å². The van der Waals surface area contributed by atoms with Gasteiger partial charge in [0.05, 0.1) is 5.39 Å². The van der Waals surface area contributed by atoms with Crippen LogP contribution in [0.4, 0.5) is 0 Å². The second kappa shape index (κ2) is 10.3. The topological polar surface area (TPSA) is 152 Å². The van der Waals surface area contributed by atoms with Crippen molar-refractivity contribution in [1.29, 1.82) is 0 Å². The van der Waals surface area contributed by atoms with E-state index in [0.29, 0.717) is 56.7 Å². The molecule has 1 radical (unpaired) electrons. The Labute approximate surface area is 266 Å². The van der Waals surface area contributed by atoms with Gasteiger partial charge in [-0.05, 0) is 6.07 Å². The maximum atomic E-state index is 11.7. The quantitative estimate of drug-likeness (QED) is 0.155. The van der Waals surface area contributed by atoms with E-state index in [9.17, 15) is 8.42 Å². The van der Waals surface area contributed by atoms with Crippen molar-refractivity contribution in [1.82, 2.24) is 39.9 Å². The van der Waals surface area contributed by atoms with Gasteiger partial charge in [-0.1, -0.05) is 84.9 Å². The van der Waals surface area contributed by atoms with Crippen molar-refractivity contribution in [3.8, 4) is 51.3 Å². The molecule has 4 aromatic carbocycles. The van der Waals surface area contributed by atoms with Gasteiger partial charge in [0.1, 0.15) is 22.6 Å². The van der Waals surface area contributed by atoms with Gasteiger partial charge >= 0.3 is 0 Å². The number of fused-ring (bicyclic) bond motifs is 20. The number of nitrogens with zero attached hydrogens (tertiary/aromatic N) is 6. The van der Waals surface area contributed by atoms with Crippen molar-refractivity contribution in [2.75, 3.05) is 0 Å². The standard InChI is InChI=1S/C32H18N8O3S.Cu/c41-44(42)43-23-15-7-14-22-24(23)32-39-30-21-13-6-5-12-20(21)28(37-30)35-26-17-9-2-1-8-16(17)25(33-26)34-27-18-10-3-4-11-19(18)29(36-27)38-31(22)40-32;/h1-15,44H,(H2,33,34,35,36,37,38,39,40);. The third-order valence-corrected chi connectivity index (χ3v) is 8.06. The smallest absolute Gasteiger partial charge is 0.299 e. The Morgan fingerprint density at radius 1 is 0.467 bits per heavy atom. The molecule has 221 valence electrons. The van der Waals surface area contributed by atoms with Crippen LogP contribution >= 0.6 is 0 Å². The summed E-state index contributed by atoms with van der Waals surface area (Å²) in [6.07, 6.45) is 0. The number of rotatable bonds is 2. The predicted molar refractivity (Wildman–Crippen MR) is 167 cm³/mol. The molecule has 8 bridgehead atoms. The van der Waals surface area contributed by atoms with Crippen LogP contribution in [0.1, 0.15) is 0 Å². The van der Waals surface area contributed by atoms with E-state index in [-0.39, 0.29) is 22.8 Å². The molecule has 2 N–H and O–H groups in total. The molecule has 0 saturated carbocycles. The zero-order chi connectivity index (χ0) is 29.4. The predicted octanol–water partition coefficient (Wildman–Crippen LogP) is 5.77. The van der Waals surface area contributed by atoms with Crippen molar-refractivity contribution in [2.24, 2.45) is 0 Å². The summed E-state index contributed by atoms with van der Waals surface area (Å²) >= 11 is 0. The molecule has 0 atom stereocenters. The van der Waals surface area contributed by atoms with Crippen LogP contribution in [0.2, 0.25) is 0 Å². The number of aromatic nitrogens is 8. The normalized spacial score (nSPS) is 11.8. The van der Waals surface area contributed by atoms with E-state index in [0.717, 1.165) is 33.0 Å². The molecule has 0 unspecified atom stereocenters. The Balaban J connectivity index is 0.00000300. The summed E-state index contributed by atoms with van der Waals surface area (Å²) in [5, 5.41) is 2.83. The molecule has 13 heteroatoms. The van der Waals surface area contributed by atoms with Crippen LogP contribution in [0.15, 0.2) is 91.0 Å². The molecule has 2 aliphatic rings. The van der Waals surface area contributed by atoms with Crippen LogP contribution in [0.3, 0.4) is 0 Å². The second-order valence-electron chi connectivity index (χ2n) is 10.2. The molecule has 3 aromatic heterocycles. The Morgan fingerprint density at radius 3 is 1.36 bits per heavy atom. The van der Waals surface area contributed by atoms with Crippen LogP contribution < -0.4 is 4.18 Å². The van der Waals surface area contributed by atoms with Crippen LogP contribution in [0.5, 0.6) is 5.75 Å². The summed E-state index contributed by atoms with van der Waals surface area (Å²) in [6, 6.07) is 28.4. The van der Waals surface area contributed by atoms with Gasteiger partial charge in [-0.25, -0.2) is 29.9 Å². The summed E-state index contributed by atoms with van der Waals surface area (Å²) in [5.74, 6) is 1.95. The summed E-state index contributed by atoms with van der Waals surface area (Å²) in [4.78, 5) is 36.1. The summed E-state index contributed by atoms with van der Waals surface area (Å²) in [6.45, 7) is 0. The number of benzene rings is 4. The van der Waals surface area contributed by atoms with Crippen LogP contribution in [-0.4, -0.2) is 48.3 Å². The number of hydrogen-bond donors (Lipinski definition) is 3. The molecule has 0 fully saturated rings. The molecule has 0 saturated heterocycles. The van der Waals surface area contributed by atoms with Gasteiger partial charge in [-0.2, -0.15) is 8.42 Å². The molecule has 11 nitrogen and oxygen atoms in total. The molecule has 45 heavy (non-hydrogen) atoms. The van der Waals surface area contributed by atoms with E-state index < -0.39 is 11.0 Å². The van der Waals surface area contributed by atoms with Crippen molar-refractivity contribution >= 4 is 55.1 Å². The Bertz CT molecular complexity index is 2600. The van der Waals surface area contributed by atoms with Gasteiger partial charge in [0.25, 0.3) is 11.0 Å². The van der Waals surface area contributed by atoms with Gasteiger partial charge in [0, 0.05) is 55.5 Å². The third-order valence-electron chi connectivity index (χ3n) is 7.71.